The summed E-state index contributed by atoms with van der Waals surface area (Å²) >= 11 is 0. The highest BCUT2D eigenvalue weighted by Crippen LogP contribution is 2.05. The van der Waals surface area contributed by atoms with Crippen molar-refractivity contribution in [2.75, 3.05) is 0 Å². The number of allylic oxidation sites excluding steroid dienone is 2. The maximum absolute atomic E-state index is 12.3. The molecule has 0 saturated carbocycles. The van der Waals surface area contributed by atoms with Crippen molar-refractivity contribution in [3.8, 4) is 0 Å². The smallest absolute Gasteiger partial charge is 0.135 e. The first-order valence-corrected chi connectivity index (χ1v) is 3.55. The van der Waals surface area contributed by atoms with Gasteiger partial charge in [-0.3, -0.25) is 0 Å². The molecule has 0 spiro atoms. The molecule has 0 N–H and O–H groups in total. The summed E-state index contributed by atoms with van der Waals surface area (Å²) in [7, 11) is 0. The molecule has 0 atom stereocenters. The molecule has 0 aromatic rings. The van der Waals surface area contributed by atoms with Crippen LogP contribution in [-0.4, -0.2) is 0 Å². The van der Waals surface area contributed by atoms with E-state index in [1.54, 1.807) is 13.8 Å². The molecule has 0 aliphatic carbocycles. The van der Waals surface area contributed by atoms with Gasteiger partial charge in [0.05, 0.1) is 0 Å². The zero-order valence-corrected chi connectivity index (χ0v) is 6.73. The van der Waals surface area contributed by atoms with Crippen LogP contribution < -0.4 is 0 Å². The molecule has 0 aliphatic heterocycles. The lowest BCUT2D eigenvalue weighted by atomic mass is 10.4. The first kappa shape index (κ1) is 10.1. The van der Waals surface area contributed by atoms with Gasteiger partial charge < -0.3 is 4.74 Å². The minimum atomic E-state index is -0.398. The van der Waals surface area contributed by atoms with Gasteiger partial charge in [0.25, 0.3) is 0 Å². The number of rotatable bonds is 4. The maximum Gasteiger partial charge on any atom is 0.135 e. The molecule has 0 bridgehead atoms. The molecule has 0 saturated heterocycles. The summed E-state index contributed by atoms with van der Waals surface area (Å²) in [4.78, 5) is 0. The normalized spacial score (nSPS) is 13.5. The molecule has 0 aromatic heterocycles. The van der Waals surface area contributed by atoms with Crippen LogP contribution in [0.4, 0.5) is 8.78 Å². The van der Waals surface area contributed by atoms with Crippen LogP contribution in [0.3, 0.4) is 0 Å². The fourth-order valence-corrected chi connectivity index (χ4v) is 0.348. The van der Waals surface area contributed by atoms with Crippen LogP contribution in [0.1, 0.15) is 26.7 Å². The molecule has 0 amide bonds. The summed E-state index contributed by atoms with van der Waals surface area (Å²) in [5.41, 5.74) is 0. The molecule has 0 aromatic carbocycles. The summed E-state index contributed by atoms with van der Waals surface area (Å²) in [6.07, 6.45) is 2.33. The van der Waals surface area contributed by atoms with E-state index < -0.39 is 11.7 Å². The van der Waals surface area contributed by atoms with Crippen molar-refractivity contribution >= 4 is 0 Å². The lowest BCUT2D eigenvalue weighted by Gasteiger charge is -1.92. The van der Waals surface area contributed by atoms with Gasteiger partial charge in [-0.05, 0) is 12.8 Å². The third kappa shape index (κ3) is 5.58. The largest absolute Gasteiger partial charge is 0.467 e. The van der Waals surface area contributed by atoms with Crippen LogP contribution in [0.15, 0.2) is 24.2 Å². The molecule has 0 fully saturated rings. The second-order valence-electron chi connectivity index (χ2n) is 1.97. The summed E-state index contributed by atoms with van der Waals surface area (Å²) in [6.45, 7) is 3.30. The summed E-state index contributed by atoms with van der Waals surface area (Å²) < 4.78 is 29.0. The maximum atomic E-state index is 12.3. The molecule has 3 heteroatoms. The van der Waals surface area contributed by atoms with Gasteiger partial charge in [0.1, 0.15) is 24.2 Å². The Morgan fingerprint density at radius 1 is 1.09 bits per heavy atom. The van der Waals surface area contributed by atoms with Gasteiger partial charge in [0.2, 0.25) is 0 Å². The van der Waals surface area contributed by atoms with Gasteiger partial charge in [0.15, 0.2) is 0 Å². The van der Waals surface area contributed by atoms with Crippen molar-refractivity contribution in [2.45, 2.75) is 26.7 Å². The Hall–Kier alpha value is -0.860. The van der Waals surface area contributed by atoms with E-state index in [1.165, 1.54) is 0 Å². The molecular formula is C8H12F2O. The van der Waals surface area contributed by atoms with Crippen LogP contribution in [0, 0.1) is 0 Å². The van der Waals surface area contributed by atoms with Gasteiger partial charge >= 0.3 is 0 Å². The number of hydrogen-bond donors (Lipinski definition) is 0. The Morgan fingerprint density at radius 3 is 1.73 bits per heavy atom. The molecule has 0 aliphatic rings. The van der Waals surface area contributed by atoms with E-state index >= 15 is 0 Å². The zero-order chi connectivity index (χ0) is 8.69. The third-order valence-corrected chi connectivity index (χ3v) is 1.07. The Labute approximate surface area is 65.4 Å². The van der Waals surface area contributed by atoms with Gasteiger partial charge in [-0.2, -0.15) is 0 Å². The summed E-state index contributed by atoms with van der Waals surface area (Å²) in [5, 5.41) is 0. The van der Waals surface area contributed by atoms with Crippen molar-refractivity contribution in [3.05, 3.63) is 24.2 Å². The van der Waals surface area contributed by atoms with Gasteiger partial charge in [-0.15, -0.1) is 0 Å². The van der Waals surface area contributed by atoms with Gasteiger partial charge in [0, 0.05) is 0 Å². The fourth-order valence-electron chi connectivity index (χ4n) is 0.348. The second-order valence-corrected chi connectivity index (χ2v) is 1.97. The number of ether oxygens (including phenoxy) is 1. The zero-order valence-electron chi connectivity index (χ0n) is 6.73. The van der Waals surface area contributed by atoms with Crippen LogP contribution >= 0.6 is 0 Å². The van der Waals surface area contributed by atoms with Gasteiger partial charge in [-0.1, -0.05) is 13.8 Å². The van der Waals surface area contributed by atoms with E-state index in [0.717, 1.165) is 12.5 Å². The van der Waals surface area contributed by atoms with Crippen molar-refractivity contribution in [1.29, 1.82) is 0 Å². The second kappa shape index (κ2) is 5.89. The standard InChI is InChI=1S/C8H12F2O/c1-3-7(9)5-11-6-8(10)4-2/h5-6H,3-4H2,1-2H3. The number of hydrogen-bond acceptors (Lipinski definition) is 1. The van der Waals surface area contributed by atoms with Crippen LogP contribution in [-0.2, 0) is 4.74 Å². The molecule has 0 radical (unpaired) electrons. The monoisotopic (exact) mass is 162 g/mol. The lowest BCUT2D eigenvalue weighted by Crippen LogP contribution is -1.75. The summed E-state index contributed by atoms with van der Waals surface area (Å²) in [5.74, 6) is -0.796. The molecule has 0 heterocycles. The fraction of sp³-hybridized carbons (Fsp3) is 0.500. The van der Waals surface area contributed by atoms with Crippen LogP contribution in [0.5, 0.6) is 0 Å². The molecule has 1 nitrogen and oxygen atoms in total. The van der Waals surface area contributed by atoms with Crippen molar-refractivity contribution in [1.82, 2.24) is 0 Å². The van der Waals surface area contributed by atoms with E-state index in [1.807, 2.05) is 0 Å². The van der Waals surface area contributed by atoms with E-state index in [-0.39, 0.29) is 12.8 Å². The average molecular weight is 162 g/mol. The van der Waals surface area contributed by atoms with E-state index in [2.05, 4.69) is 4.74 Å². The first-order valence-electron chi connectivity index (χ1n) is 3.55. The molecule has 11 heavy (non-hydrogen) atoms. The quantitative estimate of drug-likeness (QED) is 0.575. The highest BCUT2D eigenvalue weighted by atomic mass is 19.1. The van der Waals surface area contributed by atoms with E-state index in [9.17, 15) is 8.78 Å². The van der Waals surface area contributed by atoms with Gasteiger partial charge in [-0.25, -0.2) is 8.78 Å². The predicted octanol–water partition coefficient (Wildman–Crippen LogP) is 3.44. The third-order valence-electron chi connectivity index (χ3n) is 1.07. The molecular weight excluding hydrogens is 150 g/mol. The number of halogens is 2. The predicted molar refractivity (Wildman–Crippen MR) is 40.0 cm³/mol. The van der Waals surface area contributed by atoms with Crippen molar-refractivity contribution < 1.29 is 13.5 Å². The molecule has 64 valence electrons. The minimum Gasteiger partial charge on any atom is -0.467 e. The molecule has 0 rings (SSSR count). The van der Waals surface area contributed by atoms with Crippen molar-refractivity contribution in [3.63, 3.8) is 0 Å². The Bertz CT molecular complexity index is 143. The average Bonchev–Trinajstić information content (AvgIpc) is 2.04. The van der Waals surface area contributed by atoms with E-state index in [4.69, 9.17) is 0 Å². The molecule has 0 unspecified atom stereocenters. The highest BCUT2D eigenvalue weighted by Gasteiger charge is 1.89. The first-order chi connectivity index (χ1) is 5.20. The topological polar surface area (TPSA) is 9.23 Å². The Balaban J connectivity index is 3.71. The minimum absolute atomic E-state index is 0.265. The Morgan fingerprint density at radius 2 is 1.45 bits per heavy atom. The van der Waals surface area contributed by atoms with Crippen molar-refractivity contribution in [2.24, 2.45) is 0 Å². The lowest BCUT2D eigenvalue weighted by molar-refractivity contribution is 0.358. The van der Waals surface area contributed by atoms with Crippen LogP contribution in [0.25, 0.3) is 0 Å². The van der Waals surface area contributed by atoms with E-state index in [0.29, 0.717) is 0 Å². The summed E-state index contributed by atoms with van der Waals surface area (Å²) in [6, 6.07) is 0. The highest BCUT2D eigenvalue weighted by molar-refractivity contribution is 4.89. The Kier molecular flexibility index (Phi) is 5.43. The SMILES string of the molecule is CCC(F)=COC=C(F)CC. The van der Waals surface area contributed by atoms with Crippen LogP contribution in [0.2, 0.25) is 0 Å².